The van der Waals surface area contributed by atoms with Gasteiger partial charge in [-0.3, -0.25) is 0 Å². The van der Waals surface area contributed by atoms with Crippen LogP contribution in [0.2, 0.25) is 10.3 Å². The van der Waals surface area contributed by atoms with Crippen molar-refractivity contribution >= 4 is 23.2 Å². The molecule has 0 aliphatic heterocycles. The first-order valence-electron chi connectivity index (χ1n) is 4.54. The Morgan fingerprint density at radius 2 is 2.13 bits per heavy atom. The van der Waals surface area contributed by atoms with Gasteiger partial charge in [0.15, 0.2) is 10.3 Å². The molecule has 0 spiro atoms. The van der Waals surface area contributed by atoms with E-state index >= 15 is 0 Å². The molecule has 1 aromatic rings. The maximum atomic E-state index is 12.1. The second-order valence-electron chi connectivity index (χ2n) is 3.64. The van der Waals surface area contributed by atoms with E-state index in [0.717, 1.165) is 12.0 Å². The molecular formula is C9H8Cl2F2N2. The Hall–Kier alpha value is -0.480. The minimum atomic E-state index is -2.26. The van der Waals surface area contributed by atoms with E-state index in [1.807, 2.05) is 0 Å². The number of hydrogen-bond acceptors (Lipinski definition) is 2. The van der Waals surface area contributed by atoms with Crippen LogP contribution in [0.1, 0.15) is 24.3 Å². The topological polar surface area (TPSA) is 25.8 Å². The average molecular weight is 253 g/mol. The third kappa shape index (κ3) is 2.55. The molecule has 0 aromatic carbocycles. The van der Waals surface area contributed by atoms with Gasteiger partial charge >= 0.3 is 0 Å². The molecule has 0 bridgehead atoms. The molecule has 0 amide bonds. The van der Waals surface area contributed by atoms with E-state index in [0.29, 0.717) is 0 Å². The molecule has 6 heteroatoms. The summed E-state index contributed by atoms with van der Waals surface area (Å²) in [6, 6.07) is 1.60. The van der Waals surface area contributed by atoms with E-state index in [2.05, 4.69) is 10.2 Å². The van der Waals surface area contributed by atoms with Gasteiger partial charge in [-0.15, -0.1) is 10.2 Å². The molecule has 1 fully saturated rings. The van der Waals surface area contributed by atoms with Crippen molar-refractivity contribution in [1.82, 2.24) is 10.2 Å². The van der Waals surface area contributed by atoms with E-state index < -0.39 is 6.43 Å². The summed E-state index contributed by atoms with van der Waals surface area (Å²) in [4.78, 5) is 0. The summed E-state index contributed by atoms with van der Waals surface area (Å²) in [7, 11) is 0. The molecule has 1 aliphatic rings. The van der Waals surface area contributed by atoms with Gasteiger partial charge in [0.25, 0.3) is 0 Å². The van der Waals surface area contributed by atoms with Crippen molar-refractivity contribution in [3.05, 3.63) is 21.9 Å². The van der Waals surface area contributed by atoms with Crippen LogP contribution in [0.3, 0.4) is 0 Å². The smallest absolute Gasteiger partial charge is 0.211 e. The van der Waals surface area contributed by atoms with Crippen LogP contribution in [0.5, 0.6) is 0 Å². The first kappa shape index (κ1) is 11.0. The van der Waals surface area contributed by atoms with Crippen molar-refractivity contribution in [2.75, 3.05) is 0 Å². The molecule has 82 valence electrons. The average Bonchev–Trinajstić information content (AvgIpc) is 2.87. The number of halogens is 4. The largest absolute Gasteiger partial charge is 0.238 e. The molecule has 1 aromatic heterocycles. The third-order valence-corrected chi connectivity index (χ3v) is 3.03. The molecule has 2 atom stereocenters. The van der Waals surface area contributed by atoms with E-state index in [1.54, 1.807) is 6.07 Å². The van der Waals surface area contributed by atoms with E-state index in [9.17, 15) is 8.78 Å². The van der Waals surface area contributed by atoms with Gasteiger partial charge in [0, 0.05) is 6.42 Å². The maximum absolute atomic E-state index is 12.1. The summed E-state index contributed by atoms with van der Waals surface area (Å²) in [5, 5.41) is 7.73. The number of nitrogens with zero attached hydrogens (tertiary/aromatic N) is 2. The fraction of sp³-hybridized carbons (Fsp3) is 0.556. The third-order valence-electron chi connectivity index (χ3n) is 2.55. The molecule has 0 radical (unpaired) electrons. The fourth-order valence-corrected chi connectivity index (χ4v) is 2.13. The Kier molecular flexibility index (Phi) is 3.07. The highest BCUT2D eigenvalue weighted by Gasteiger charge is 2.41. The number of alkyl halides is 2. The van der Waals surface area contributed by atoms with Gasteiger partial charge in [0.2, 0.25) is 6.43 Å². The lowest BCUT2D eigenvalue weighted by atomic mass is 10.1. The predicted molar refractivity (Wildman–Crippen MR) is 53.5 cm³/mol. The molecule has 1 saturated carbocycles. The minimum Gasteiger partial charge on any atom is -0.211 e. The van der Waals surface area contributed by atoms with Crippen molar-refractivity contribution in [1.29, 1.82) is 0 Å². The first-order chi connectivity index (χ1) is 7.08. The summed E-state index contributed by atoms with van der Waals surface area (Å²) >= 11 is 11.5. The molecule has 2 nitrogen and oxygen atoms in total. The molecular weight excluding hydrogens is 245 g/mol. The molecule has 0 N–H and O–H groups in total. The van der Waals surface area contributed by atoms with Crippen LogP contribution < -0.4 is 0 Å². The zero-order valence-electron chi connectivity index (χ0n) is 7.63. The molecule has 15 heavy (non-hydrogen) atoms. The van der Waals surface area contributed by atoms with E-state index in [-0.39, 0.29) is 28.6 Å². The molecule has 1 heterocycles. The van der Waals surface area contributed by atoms with Crippen LogP contribution in [-0.4, -0.2) is 16.6 Å². The van der Waals surface area contributed by atoms with Crippen molar-refractivity contribution < 1.29 is 8.78 Å². The highest BCUT2D eigenvalue weighted by Crippen LogP contribution is 2.52. The summed E-state index contributed by atoms with van der Waals surface area (Å²) < 4.78 is 24.2. The Labute approximate surface area is 95.6 Å². The van der Waals surface area contributed by atoms with Gasteiger partial charge in [0.1, 0.15) is 0 Å². The van der Waals surface area contributed by atoms with Crippen molar-refractivity contribution in [3.63, 3.8) is 0 Å². The van der Waals surface area contributed by atoms with Gasteiger partial charge in [-0.1, -0.05) is 23.2 Å². The Bertz CT molecular complexity index is 373. The second-order valence-corrected chi connectivity index (χ2v) is 4.39. The van der Waals surface area contributed by atoms with E-state index in [4.69, 9.17) is 23.2 Å². The first-order valence-corrected chi connectivity index (χ1v) is 5.30. The molecule has 2 rings (SSSR count). The Morgan fingerprint density at radius 1 is 1.40 bits per heavy atom. The van der Waals surface area contributed by atoms with Gasteiger partial charge in [-0.05, 0) is 29.9 Å². The standard InChI is InChI=1S/C9H8Cl2F2N2/c10-7-3-6(9(11)15-14-7)5-1-4(5)2-8(12)13/h3-5,8H,1-2H2/t4-,5+/m0/s1. The summed E-state index contributed by atoms with van der Waals surface area (Å²) in [5.41, 5.74) is 0.738. The zero-order valence-corrected chi connectivity index (χ0v) is 9.14. The van der Waals surface area contributed by atoms with Gasteiger partial charge in [-0.2, -0.15) is 0 Å². The van der Waals surface area contributed by atoms with Crippen LogP contribution in [0.25, 0.3) is 0 Å². The number of rotatable bonds is 3. The van der Waals surface area contributed by atoms with Crippen LogP contribution in [0.4, 0.5) is 8.78 Å². The predicted octanol–water partition coefficient (Wildman–Crippen LogP) is 3.54. The lowest BCUT2D eigenvalue weighted by Crippen LogP contribution is -1.95. The normalized spacial score (nSPS) is 24.6. The van der Waals surface area contributed by atoms with Crippen LogP contribution in [0, 0.1) is 5.92 Å². The summed E-state index contributed by atoms with van der Waals surface area (Å²) in [6.07, 6.45) is -1.61. The quantitative estimate of drug-likeness (QED) is 0.823. The van der Waals surface area contributed by atoms with Crippen molar-refractivity contribution in [2.45, 2.75) is 25.2 Å². The van der Waals surface area contributed by atoms with Gasteiger partial charge in [0.05, 0.1) is 0 Å². The highest BCUT2D eigenvalue weighted by molar-refractivity contribution is 6.31. The van der Waals surface area contributed by atoms with Crippen LogP contribution in [-0.2, 0) is 0 Å². The summed E-state index contributed by atoms with van der Waals surface area (Å²) in [6.45, 7) is 0. The highest BCUT2D eigenvalue weighted by atomic mass is 35.5. The maximum Gasteiger partial charge on any atom is 0.238 e. The molecule has 0 unspecified atom stereocenters. The van der Waals surface area contributed by atoms with Gasteiger partial charge < -0.3 is 0 Å². The second kappa shape index (κ2) is 4.18. The SMILES string of the molecule is FC(F)C[C@@H]1C[C@H]1c1cc(Cl)nnc1Cl. The number of aromatic nitrogens is 2. The monoisotopic (exact) mass is 252 g/mol. The zero-order chi connectivity index (χ0) is 11.0. The fourth-order valence-electron chi connectivity index (χ4n) is 1.74. The van der Waals surface area contributed by atoms with Gasteiger partial charge in [-0.25, -0.2) is 8.78 Å². The summed E-state index contributed by atoms with van der Waals surface area (Å²) in [5.74, 6) is 0.0715. The minimum absolute atomic E-state index is 0.00256. The lowest BCUT2D eigenvalue weighted by Gasteiger charge is -2.02. The van der Waals surface area contributed by atoms with Crippen LogP contribution >= 0.6 is 23.2 Å². The van der Waals surface area contributed by atoms with Crippen molar-refractivity contribution in [3.8, 4) is 0 Å². The molecule has 1 aliphatic carbocycles. The number of hydrogen-bond donors (Lipinski definition) is 0. The Morgan fingerprint density at radius 3 is 2.80 bits per heavy atom. The van der Waals surface area contributed by atoms with Crippen molar-refractivity contribution in [2.24, 2.45) is 5.92 Å². The Balaban J connectivity index is 2.09. The van der Waals surface area contributed by atoms with Crippen LogP contribution in [0.15, 0.2) is 6.07 Å². The molecule has 0 saturated heterocycles. The van der Waals surface area contributed by atoms with E-state index in [1.165, 1.54) is 0 Å². The lowest BCUT2D eigenvalue weighted by molar-refractivity contribution is 0.129.